The van der Waals surface area contributed by atoms with Crippen LogP contribution in [-0.2, 0) is 10.0 Å². The molecule has 0 atom stereocenters. The van der Waals surface area contributed by atoms with E-state index in [4.69, 9.17) is 0 Å². The third-order valence-corrected chi connectivity index (χ3v) is 6.03. The van der Waals surface area contributed by atoms with Gasteiger partial charge in [-0.1, -0.05) is 12.8 Å². The van der Waals surface area contributed by atoms with Crippen molar-refractivity contribution in [2.24, 2.45) is 0 Å². The quantitative estimate of drug-likeness (QED) is 0.869. The van der Waals surface area contributed by atoms with Crippen LogP contribution in [0.4, 0.5) is 10.5 Å². The van der Waals surface area contributed by atoms with Gasteiger partial charge in [0, 0.05) is 37.2 Å². The third-order valence-electron chi connectivity index (χ3n) is 4.19. The molecule has 0 radical (unpaired) electrons. The van der Waals surface area contributed by atoms with Crippen molar-refractivity contribution in [1.29, 1.82) is 0 Å². The smallest absolute Gasteiger partial charge is 0.321 e. The van der Waals surface area contributed by atoms with Gasteiger partial charge < -0.3 is 10.2 Å². The zero-order valence-corrected chi connectivity index (χ0v) is 13.1. The van der Waals surface area contributed by atoms with E-state index in [1.54, 1.807) is 24.5 Å². The molecular weight excluding hydrogens is 304 g/mol. The summed E-state index contributed by atoms with van der Waals surface area (Å²) in [6.45, 7) is 0.470. The maximum Gasteiger partial charge on any atom is 0.321 e. The topological polar surface area (TPSA) is 91.4 Å². The molecule has 120 valence electrons. The second-order valence-corrected chi connectivity index (χ2v) is 7.83. The molecule has 2 aliphatic rings. The minimum absolute atomic E-state index is 0.0738. The molecule has 1 aliphatic heterocycles. The molecule has 1 aliphatic carbocycles. The average molecular weight is 324 g/mol. The number of hydrogen-bond acceptors (Lipinski definition) is 4. The summed E-state index contributed by atoms with van der Waals surface area (Å²) >= 11 is 0. The van der Waals surface area contributed by atoms with Crippen LogP contribution >= 0.6 is 0 Å². The average Bonchev–Trinajstić information content (AvgIpc) is 2.89. The summed E-state index contributed by atoms with van der Waals surface area (Å²) in [5.41, 5.74) is 0.649. The molecule has 0 unspecified atom stereocenters. The van der Waals surface area contributed by atoms with Crippen LogP contribution in [0.15, 0.2) is 24.5 Å². The fourth-order valence-electron chi connectivity index (χ4n) is 2.81. The van der Waals surface area contributed by atoms with Gasteiger partial charge in [0.2, 0.25) is 10.0 Å². The molecular formula is C14H20N4O3S. The van der Waals surface area contributed by atoms with Gasteiger partial charge in [0.05, 0.1) is 0 Å². The van der Waals surface area contributed by atoms with Crippen LogP contribution in [0.5, 0.6) is 0 Å². The number of hydrogen-bond donors (Lipinski definition) is 2. The Hall–Kier alpha value is -1.67. The molecule has 1 aromatic rings. The van der Waals surface area contributed by atoms with Crippen molar-refractivity contribution in [3.05, 3.63) is 24.5 Å². The van der Waals surface area contributed by atoms with Gasteiger partial charge in [-0.25, -0.2) is 17.9 Å². The number of urea groups is 1. The highest BCUT2D eigenvalue weighted by molar-refractivity contribution is 7.90. The summed E-state index contributed by atoms with van der Waals surface area (Å²) in [6, 6.07) is 3.17. The fourth-order valence-corrected chi connectivity index (χ4v) is 4.46. The molecule has 2 amide bonds. The lowest BCUT2D eigenvalue weighted by Gasteiger charge is -2.38. The number of nitrogens with one attached hydrogen (secondary N) is 2. The first kappa shape index (κ1) is 15.2. The predicted molar refractivity (Wildman–Crippen MR) is 82.9 cm³/mol. The highest BCUT2D eigenvalue weighted by atomic mass is 32.2. The lowest BCUT2D eigenvalue weighted by molar-refractivity contribution is 0.182. The van der Waals surface area contributed by atoms with E-state index in [1.165, 1.54) is 4.90 Å². The number of aromatic nitrogens is 1. The molecule has 2 heterocycles. The van der Waals surface area contributed by atoms with Crippen molar-refractivity contribution in [3.8, 4) is 0 Å². The maximum atomic E-state index is 12.2. The summed E-state index contributed by atoms with van der Waals surface area (Å²) in [4.78, 5) is 17.4. The lowest BCUT2D eigenvalue weighted by atomic mass is 10.2. The molecule has 0 bridgehead atoms. The van der Waals surface area contributed by atoms with Crippen LogP contribution in [0.2, 0.25) is 0 Å². The number of carbonyl (C=O) groups is 1. The Labute approximate surface area is 130 Å². The standard InChI is InChI=1S/C14H20N4O3S/c19-14(16-11-5-7-15-8-6-11)18-9-13(10-18)22(20,21)17-12-3-1-2-4-12/h5-8,12-13,17H,1-4,9-10H2,(H,15,16,19). The maximum absolute atomic E-state index is 12.2. The molecule has 1 aromatic heterocycles. The van der Waals surface area contributed by atoms with E-state index in [0.717, 1.165) is 25.7 Å². The molecule has 0 aromatic carbocycles. The van der Waals surface area contributed by atoms with Crippen molar-refractivity contribution in [2.75, 3.05) is 18.4 Å². The molecule has 2 fully saturated rings. The van der Waals surface area contributed by atoms with Gasteiger partial charge in [-0.2, -0.15) is 0 Å². The van der Waals surface area contributed by atoms with Crippen molar-refractivity contribution in [1.82, 2.24) is 14.6 Å². The predicted octanol–water partition coefficient (Wildman–Crippen LogP) is 1.16. The lowest BCUT2D eigenvalue weighted by Crippen LogP contribution is -2.61. The van der Waals surface area contributed by atoms with E-state index < -0.39 is 15.3 Å². The SMILES string of the molecule is O=C(Nc1ccncc1)N1CC(S(=O)(=O)NC2CCCC2)C1. The zero-order chi connectivity index (χ0) is 15.6. The molecule has 7 nitrogen and oxygen atoms in total. The van der Waals surface area contributed by atoms with Gasteiger partial charge in [-0.15, -0.1) is 0 Å². The Balaban J connectivity index is 1.49. The van der Waals surface area contributed by atoms with E-state index in [1.807, 2.05) is 0 Å². The molecule has 1 saturated heterocycles. The number of sulfonamides is 1. The number of pyridine rings is 1. The zero-order valence-electron chi connectivity index (χ0n) is 12.2. The fraction of sp³-hybridized carbons (Fsp3) is 0.571. The van der Waals surface area contributed by atoms with E-state index >= 15 is 0 Å². The number of amides is 2. The molecule has 8 heteroatoms. The Morgan fingerprint density at radius 3 is 2.45 bits per heavy atom. The second-order valence-electron chi connectivity index (χ2n) is 5.84. The van der Waals surface area contributed by atoms with Crippen LogP contribution in [0.1, 0.15) is 25.7 Å². The summed E-state index contributed by atoms with van der Waals surface area (Å²) in [5, 5.41) is 2.22. The van der Waals surface area contributed by atoms with Gasteiger partial charge in [0.1, 0.15) is 5.25 Å². The number of anilines is 1. The molecule has 22 heavy (non-hydrogen) atoms. The number of nitrogens with zero attached hydrogens (tertiary/aromatic N) is 2. The van der Waals surface area contributed by atoms with Gasteiger partial charge in [0.15, 0.2) is 0 Å². The monoisotopic (exact) mass is 324 g/mol. The highest BCUT2D eigenvalue weighted by Gasteiger charge is 2.40. The van der Waals surface area contributed by atoms with E-state index in [0.29, 0.717) is 5.69 Å². The Bertz CT molecular complexity index is 623. The van der Waals surface area contributed by atoms with Crippen molar-refractivity contribution < 1.29 is 13.2 Å². The van der Waals surface area contributed by atoms with Crippen LogP contribution in [-0.4, -0.2) is 48.7 Å². The first-order valence-corrected chi connectivity index (χ1v) is 9.06. The number of rotatable bonds is 4. The van der Waals surface area contributed by atoms with E-state index in [9.17, 15) is 13.2 Å². The minimum atomic E-state index is -3.33. The van der Waals surface area contributed by atoms with Crippen LogP contribution in [0.3, 0.4) is 0 Å². The number of likely N-dealkylation sites (tertiary alicyclic amines) is 1. The summed E-state index contributed by atoms with van der Waals surface area (Å²) in [7, 11) is -3.33. The Morgan fingerprint density at radius 2 is 1.82 bits per heavy atom. The van der Waals surface area contributed by atoms with Crippen LogP contribution < -0.4 is 10.0 Å². The molecule has 3 rings (SSSR count). The van der Waals surface area contributed by atoms with Crippen LogP contribution in [0, 0.1) is 0 Å². The highest BCUT2D eigenvalue weighted by Crippen LogP contribution is 2.22. The van der Waals surface area contributed by atoms with Gasteiger partial charge in [-0.3, -0.25) is 4.98 Å². The first-order chi connectivity index (χ1) is 10.5. The molecule has 1 saturated carbocycles. The van der Waals surface area contributed by atoms with Crippen molar-refractivity contribution in [2.45, 2.75) is 37.0 Å². The van der Waals surface area contributed by atoms with Crippen LogP contribution in [0.25, 0.3) is 0 Å². The third kappa shape index (κ3) is 3.38. The van der Waals surface area contributed by atoms with E-state index in [-0.39, 0.29) is 25.2 Å². The van der Waals surface area contributed by atoms with Gasteiger partial charge in [0.25, 0.3) is 0 Å². The van der Waals surface area contributed by atoms with Crippen molar-refractivity contribution >= 4 is 21.7 Å². The first-order valence-electron chi connectivity index (χ1n) is 7.52. The normalized spacial score (nSPS) is 19.9. The minimum Gasteiger partial charge on any atom is -0.322 e. The molecule has 0 spiro atoms. The summed E-state index contributed by atoms with van der Waals surface area (Å²) in [6.07, 6.45) is 7.17. The summed E-state index contributed by atoms with van der Waals surface area (Å²) < 4.78 is 27.2. The van der Waals surface area contributed by atoms with Gasteiger partial charge in [-0.05, 0) is 25.0 Å². The van der Waals surface area contributed by atoms with Crippen molar-refractivity contribution in [3.63, 3.8) is 0 Å². The number of carbonyl (C=O) groups excluding carboxylic acids is 1. The van der Waals surface area contributed by atoms with Gasteiger partial charge >= 0.3 is 6.03 Å². The van der Waals surface area contributed by atoms with E-state index in [2.05, 4.69) is 15.0 Å². The Morgan fingerprint density at radius 1 is 1.18 bits per heavy atom. The Kier molecular flexibility index (Phi) is 4.30. The molecule has 2 N–H and O–H groups in total. The summed E-state index contributed by atoms with van der Waals surface area (Å²) in [5.74, 6) is 0. The largest absolute Gasteiger partial charge is 0.322 e. The second kappa shape index (κ2) is 6.21.